The van der Waals surface area contributed by atoms with Gasteiger partial charge in [0.05, 0.1) is 17.5 Å². The zero-order valence-corrected chi connectivity index (χ0v) is 14.3. The number of piperidine rings is 1. The molecule has 0 aliphatic carbocycles. The van der Waals surface area contributed by atoms with Crippen molar-refractivity contribution in [2.24, 2.45) is 0 Å². The third kappa shape index (κ3) is 2.51. The lowest BCUT2D eigenvalue weighted by atomic mass is 9.82. The van der Waals surface area contributed by atoms with Crippen molar-refractivity contribution in [2.75, 3.05) is 13.1 Å². The fourth-order valence-corrected chi connectivity index (χ4v) is 4.07. The van der Waals surface area contributed by atoms with Gasteiger partial charge in [0.15, 0.2) is 5.78 Å². The van der Waals surface area contributed by atoms with E-state index in [1.54, 1.807) is 5.51 Å². The van der Waals surface area contributed by atoms with E-state index in [0.29, 0.717) is 49.4 Å². The van der Waals surface area contributed by atoms with Crippen LogP contribution in [-0.2, 0) is 0 Å². The second-order valence-corrected chi connectivity index (χ2v) is 7.49. The minimum atomic E-state index is -0.473. The number of hydrogen-bond donors (Lipinski definition) is 0. The number of ether oxygens (including phenoxy) is 1. The Kier molecular flexibility index (Phi) is 3.64. The van der Waals surface area contributed by atoms with Crippen LogP contribution in [-0.4, -0.2) is 40.3 Å². The number of carbonyl (C=O) groups excluding carboxylic acids is 2. The summed E-state index contributed by atoms with van der Waals surface area (Å²) in [5.41, 5.74) is 2.44. The first kappa shape index (κ1) is 15.3. The Morgan fingerprint density at radius 2 is 2.04 bits per heavy atom. The molecule has 124 valence electrons. The number of ketones is 1. The van der Waals surface area contributed by atoms with Crippen molar-refractivity contribution in [3.63, 3.8) is 0 Å². The number of para-hydroxylation sites is 1. The molecule has 1 saturated heterocycles. The summed E-state index contributed by atoms with van der Waals surface area (Å²) < 4.78 is 6.20. The number of Topliss-reactive ketones (excluding diaryl/α,β-unsaturated/α-hetero) is 1. The maximum atomic E-state index is 12.6. The Morgan fingerprint density at radius 1 is 1.29 bits per heavy atom. The zero-order valence-electron chi connectivity index (χ0n) is 13.4. The van der Waals surface area contributed by atoms with E-state index in [2.05, 4.69) is 4.98 Å². The van der Waals surface area contributed by atoms with Gasteiger partial charge in [-0.2, -0.15) is 0 Å². The van der Waals surface area contributed by atoms with E-state index in [-0.39, 0.29) is 11.7 Å². The third-order valence-corrected chi connectivity index (χ3v) is 5.66. The van der Waals surface area contributed by atoms with Gasteiger partial charge in [-0.05, 0) is 19.1 Å². The highest BCUT2D eigenvalue weighted by atomic mass is 32.1. The monoisotopic (exact) mass is 342 g/mol. The van der Waals surface area contributed by atoms with E-state index in [1.165, 1.54) is 11.3 Å². The number of hydrogen-bond acceptors (Lipinski definition) is 5. The molecule has 24 heavy (non-hydrogen) atoms. The van der Waals surface area contributed by atoms with Gasteiger partial charge in [-0.25, -0.2) is 4.98 Å². The van der Waals surface area contributed by atoms with Gasteiger partial charge in [0.2, 0.25) is 0 Å². The van der Waals surface area contributed by atoms with Crippen molar-refractivity contribution in [3.8, 4) is 5.75 Å². The standard InChI is InChI=1S/C18H18N2O3S/c1-12-16(19-11-24-12)17(22)20-8-6-18(7-9-20)10-14(21)13-4-2-3-5-15(13)23-18/h2-5,11H,6-10H2,1H3. The summed E-state index contributed by atoms with van der Waals surface area (Å²) in [7, 11) is 0. The van der Waals surface area contributed by atoms with Crippen LogP contribution in [0.1, 0.15) is 45.0 Å². The molecule has 0 unspecified atom stereocenters. The molecule has 0 saturated carbocycles. The molecule has 6 heteroatoms. The van der Waals surface area contributed by atoms with Crippen LogP contribution in [0.2, 0.25) is 0 Å². The molecule has 0 N–H and O–H groups in total. The fourth-order valence-electron chi connectivity index (χ4n) is 3.50. The predicted molar refractivity (Wildman–Crippen MR) is 90.7 cm³/mol. The van der Waals surface area contributed by atoms with Crippen LogP contribution in [0.5, 0.6) is 5.75 Å². The Morgan fingerprint density at radius 3 is 2.75 bits per heavy atom. The van der Waals surface area contributed by atoms with Gasteiger partial charge >= 0.3 is 0 Å². The molecule has 1 amide bonds. The average Bonchev–Trinajstić information content (AvgIpc) is 3.01. The first-order chi connectivity index (χ1) is 11.6. The molecule has 5 nitrogen and oxygen atoms in total. The van der Waals surface area contributed by atoms with Crippen molar-refractivity contribution in [2.45, 2.75) is 31.8 Å². The molecule has 1 aromatic carbocycles. The number of aryl methyl sites for hydroxylation is 1. The first-order valence-corrected chi connectivity index (χ1v) is 8.97. The van der Waals surface area contributed by atoms with Crippen LogP contribution >= 0.6 is 11.3 Å². The summed E-state index contributed by atoms with van der Waals surface area (Å²) in [5.74, 6) is 0.780. The lowest BCUT2D eigenvalue weighted by Crippen LogP contribution is -2.52. The van der Waals surface area contributed by atoms with Crippen molar-refractivity contribution in [1.82, 2.24) is 9.88 Å². The van der Waals surface area contributed by atoms with Crippen molar-refractivity contribution >= 4 is 23.0 Å². The number of likely N-dealkylation sites (tertiary alicyclic amines) is 1. The molecule has 0 bridgehead atoms. The summed E-state index contributed by atoms with van der Waals surface area (Å²) in [5, 5.41) is 0. The average molecular weight is 342 g/mol. The van der Waals surface area contributed by atoms with Gasteiger partial charge in [0.1, 0.15) is 17.0 Å². The molecule has 0 atom stereocenters. The molecule has 4 rings (SSSR count). The maximum absolute atomic E-state index is 12.6. The Hall–Kier alpha value is -2.21. The summed E-state index contributed by atoms with van der Waals surface area (Å²) in [6.45, 7) is 3.09. The van der Waals surface area contributed by atoms with Gasteiger partial charge in [-0.3, -0.25) is 9.59 Å². The van der Waals surface area contributed by atoms with Crippen LogP contribution in [0.25, 0.3) is 0 Å². The quantitative estimate of drug-likeness (QED) is 0.799. The highest BCUT2D eigenvalue weighted by Gasteiger charge is 2.43. The van der Waals surface area contributed by atoms with E-state index in [4.69, 9.17) is 4.74 Å². The van der Waals surface area contributed by atoms with Gasteiger partial charge < -0.3 is 9.64 Å². The van der Waals surface area contributed by atoms with E-state index in [1.807, 2.05) is 36.1 Å². The van der Waals surface area contributed by atoms with Crippen molar-refractivity contribution < 1.29 is 14.3 Å². The summed E-state index contributed by atoms with van der Waals surface area (Å²) in [6.07, 6.45) is 1.73. The van der Waals surface area contributed by atoms with Crippen LogP contribution in [0.3, 0.4) is 0 Å². The second-order valence-electron chi connectivity index (χ2n) is 6.43. The number of nitrogens with zero attached hydrogens (tertiary/aromatic N) is 2. The topological polar surface area (TPSA) is 59.5 Å². The van der Waals surface area contributed by atoms with E-state index >= 15 is 0 Å². The SMILES string of the molecule is Cc1scnc1C(=O)N1CCC2(CC1)CC(=O)c1ccccc1O2. The van der Waals surface area contributed by atoms with Crippen LogP contribution < -0.4 is 4.74 Å². The Bertz CT molecular complexity index is 806. The number of aromatic nitrogens is 1. The van der Waals surface area contributed by atoms with Crippen molar-refractivity contribution in [1.29, 1.82) is 0 Å². The van der Waals surface area contributed by atoms with Gasteiger partial charge in [0, 0.05) is 30.8 Å². The van der Waals surface area contributed by atoms with Crippen molar-refractivity contribution in [3.05, 3.63) is 45.9 Å². The van der Waals surface area contributed by atoms with Crippen LogP contribution in [0.15, 0.2) is 29.8 Å². The normalized spacial score (nSPS) is 19.0. The number of rotatable bonds is 1. The zero-order chi connectivity index (χ0) is 16.7. The molecule has 2 aliphatic rings. The highest BCUT2D eigenvalue weighted by molar-refractivity contribution is 7.09. The maximum Gasteiger partial charge on any atom is 0.273 e. The number of carbonyl (C=O) groups is 2. The van der Waals surface area contributed by atoms with E-state index < -0.39 is 5.60 Å². The minimum absolute atomic E-state index is 0.0221. The van der Waals surface area contributed by atoms with Crippen LogP contribution in [0.4, 0.5) is 0 Å². The van der Waals surface area contributed by atoms with E-state index in [0.717, 1.165) is 4.88 Å². The van der Waals surface area contributed by atoms with Gasteiger partial charge in [-0.15, -0.1) is 11.3 Å². The fraction of sp³-hybridized carbons (Fsp3) is 0.389. The number of fused-ring (bicyclic) bond motifs is 1. The van der Waals surface area contributed by atoms with Crippen LogP contribution in [0, 0.1) is 6.92 Å². The number of amides is 1. The molecular formula is C18H18N2O3S. The molecular weight excluding hydrogens is 324 g/mol. The summed E-state index contributed by atoms with van der Waals surface area (Å²) in [6, 6.07) is 7.41. The highest BCUT2D eigenvalue weighted by Crippen LogP contribution is 2.39. The third-order valence-electron chi connectivity index (χ3n) is 4.91. The first-order valence-electron chi connectivity index (χ1n) is 8.09. The molecule has 0 radical (unpaired) electrons. The lowest BCUT2D eigenvalue weighted by molar-refractivity contribution is -0.00583. The van der Waals surface area contributed by atoms with Gasteiger partial charge in [-0.1, -0.05) is 12.1 Å². The molecule has 3 heterocycles. The smallest absolute Gasteiger partial charge is 0.273 e. The lowest BCUT2D eigenvalue weighted by Gasteiger charge is -2.43. The largest absolute Gasteiger partial charge is 0.486 e. The summed E-state index contributed by atoms with van der Waals surface area (Å²) >= 11 is 1.48. The minimum Gasteiger partial charge on any atom is -0.486 e. The Labute approximate surface area is 144 Å². The number of benzene rings is 1. The molecule has 2 aliphatic heterocycles. The molecule has 1 fully saturated rings. The second kappa shape index (κ2) is 5.70. The molecule has 1 aromatic heterocycles. The van der Waals surface area contributed by atoms with E-state index in [9.17, 15) is 9.59 Å². The molecule has 2 aromatic rings. The Balaban J connectivity index is 1.50. The molecule has 1 spiro atoms. The number of thiazole rings is 1. The van der Waals surface area contributed by atoms with Gasteiger partial charge in [0.25, 0.3) is 5.91 Å². The predicted octanol–water partition coefficient (Wildman–Crippen LogP) is 3.09. The summed E-state index contributed by atoms with van der Waals surface area (Å²) in [4.78, 5) is 32.0.